The van der Waals surface area contributed by atoms with Gasteiger partial charge < -0.3 is 10.1 Å². The molecule has 1 fully saturated rings. The molecule has 1 atom stereocenters. The molecule has 1 N–H and O–H groups in total. The number of hydrogen-bond acceptors (Lipinski definition) is 4. The van der Waals surface area contributed by atoms with Crippen LogP contribution >= 0.6 is 0 Å². The molecule has 3 heterocycles. The van der Waals surface area contributed by atoms with E-state index in [4.69, 9.17) is 4.74 Å². The van der Waals surface area contributed by atoms with Crippen molar-refractivity contribution in [3.8, 4) is 5.88 Å². The smallest absolute Gasteiger partial charge is 0.216 e. The summed E-state index contributed by atoms with van der Waals surface area (Å²) in [5.41, 5.74) is 0.836. The Hall–Kier alpha value is -1.62. The Balaban J connectivity index is 2.07. The first-order chi connectivity index (χ1) is 7.88. The van der Waals surface area contributed by atoms with Gasteiger partial charge in [0.2, 0.25) is 5.88 Å². The number of methoxy groups -OCH3 is 1. The van der Waals surface area contributed by atoms with E-state index in [0.29, 0.717) is 11.9 Å². The van der Waals surface area contributed by atoms with Crippen LogP contribution in [0.25, 0.3) is 5.65 Å². The summed E-state index contributed by atoms with van der Waals surface area (Å²) in [4.78, 5) is 4.51. The predicted molar refractivity (Wildman–Crippen MR) is 59.5 cm³/mol. The van der Waals surface area contributed by atoms with E-state index in [0.717, 1.165) is 24.4 Å². The molecule has 0 aliphatic carbocycles. The minimum Gasteiger partial charge on any atom is -0.481 e. The highest BCUT2D eigenvalue weighted by Gasteiger charge is 2.21. The first kappa shape index (κ1) is 9.59. The van der Waals surface area contributed by atoms with Crippen LogP contribution in [-0.4, -0.2) is 28.3 Å². The van der Waals surface area contributed by atoms with E-state index < -0.39 is 0 Å². The summed E-state index contributed by atoms with van der Waals surface area (Å²) in [5.74, 6) is 1.58. The highest BCUT2D eigenvalue weighted by atomic mass is 16.5. The maximum atomic E-state index is 5.24. The largest absolute Gasteiger partial charge is 0.481 e. The van der Waals surface area contributed by atoms with E-state index >= 15 is 0 Å². The zero-order valence-electron chi connectivity index (χ0n) is 9.18. The molecule has 0 bridgehead atoms. The number of rotatable bonds is 2. The molecule has 2 aromatic rings. The quantitative estimate of drug-likeness (QED) is 0.822. The zero-order valence-corrected chi connectivity index (χ0v) is 9.18. The average Bonchev–Trinajstić information content (AvgIpc) is 2.96. The van der Waals surface area contributed by atoms with E-state index in [9.17, 15) is 0 Å². The fourth-order valence-electron chi connectivity index (χ4n) is 2.10. The van der Waals surface area contributed by atoms with Crippen LogP contribution in [-0.2, 0) is 0 Å². The van der Waals surface area contributed by atoms with Crippen molar-refractivity contribution in [2.75, 3.05) is 13.7 Å². The van der Waals surface area contributed by atoms with E-state index in [1.807, 2.05) is 18.2 Å². The van der Waals surface area contributed by atoms with Gasteiger partial charge in [0.15, 0.2) is 11.5 Å². The number of nitrogens with zero attached hydrogens (tertiary/aromatic N) is 3. The second-order valence-electron chi connectivity index (χ2n) is 3.96. The maximum Gasteiger partial charge on any atom is 0.216 e. The van der Waals surface area contributed by atoms with E-state index in [-0.39, 0.29) is 0 Å². The van der Waals surface area contributed by atoms with Crippen molar-refractivity contribution in [1.29, 1.82) is 0 Å². The third-order valence-corrected chi connectivity index (χ3v) is 2.92. The summed E-state index contributed by atoms with van der Waals surface area (Å²) in [7, 11) is 1.64. The van der Waals surface area contributed by atoms with Crippen LogP contribution < -0.4 is 10.1 Å². The Morgan fingerprint density at radius 1 is 1.50 bits per heavy atom. The third-order valence-electron chi connectivity index (χ3n) is 2.92. The molecule has 0 aromatic carbocycles. The molecule has 0 radical (unpaired) electrons. The van der Waals surface area contributed by atoms with Crippen LogP contribution in [0.1, 0.15) is 24.7 Å². The van der Waals surface area contributed by atoms with Crippen LogP contribution in [0.4, 0.5) is 0 Å². The van der Waals surface area contributed by atoms with Gasteiger partial charge in [-0.2, -0.15) is 4.52 Å². The Kier molecular flexibility index (Phi) is 2.25. The predicted octanol–water partition coefficient (Wildman–Crippen LogP) is 1.16. The molecule has 1 aliphatic heterocycles. The number of nitrogens with one attached hydrogen (secondary N) is 1. The van der Waals surface area contributed by atoms with Crippen LogP contribution in [0.2, 0.25) is 0 Å². The van der Waals surface area contributed by atoms with Gasteiger partial charge in [-0.25, -0.2) is 4.98 Å². The number of aromatic nitrogens is 3. The summed E-state index contributed by atoms with van der Waals surface area (Å²) >= 11 is 0. The Bertz CT molecular complexity index is 502. The number of ether oxygens (including phenoxy) is 1. The first-order valence-corrected chi connectivity index (χ1v) is 5.51. The molecule has 2 aromatic heterocycles. The van der Waals surface area contributed by atoms with Crippen molar-refractivity contribution in [3.05, 3.63) is 24.0 Å². The summed E-state index contributed by atoms with van der Waals surface area (Å²) in [6.45, 7) is 1.05. The molecule has 5 nitrogen and oxygen atoms in total. The lowest BCUT2D eigenvalue weighted by atomic mass is 10.2. The van der Waals surface area contributed by atoms with E-state index in [1.54, 1.807) is 11.6 Å². The average molecular weight is 218 g/mol. The standard InChI is InChI=1S/C11H14N4O/c1-16-10-6-2-5-9-13-11(14-15(9)10)8-4-3-7-12-8/h2,5-6,8,12H,3-4,7H2,1H3. The molecule has 16 heavy (non-hydrogen) atoms. The number of hydrogen-bond donors (Lipinski definition) is 1. The van der Waals surface area contributed by atoms with Crippen molar-refractivity contribution in [3.63, 3.8) is 0 Å². The second kappa shape index (κ2) is 3.75. The Labute approximate surface area is 93.4 Å². The summed E-state index contributed by atoms with van der Waals surface area (Å²) in [5, 5.41) is 7.88. The van der Waals surface area contributed by atoms with Crippen LogP contribution in [0, 0.1) is 0 Å². The van der Waals surface area contributed by atoms with Crippen LogP contribution in [0.15, 0.2) is 18.2 Å². The molecule has 5 heteroatoms. The van der Waals surface area contributed by atoms with Gasteiger partial charge in [0.1, 0.15) is 0 Å². The normalized spacial score (nSPS) is 20.4. The van der Waals surface area contributed by atoms with Crippen molar-refractivity contribution >= 4 is 5.65 Å². The Morgan fingerprint density at radius 2 is 2.44 bits per heavy atom. The van der Waals surface area contributed by atoms with Gasteiger partial charge in [0.05, 0.1) is 13.2 Å². The van der Waals surface area contributed by atoms with Crippen molar-refractivity contribution < 1.29 is 4.74 Å². The van der Waals surface area contributed by atoms with Crippen molar-refractivity contribution in [2.24, 2.45) is 0 Å². The van der Waals surface area contributed by atoms with E-state index in [1.165, 1.54) is 6.42 Å². The van der Waals surface area contributed by atoms with Gasteiger partial charge in [0, 0.05) is 6.07 Å². The SMILES string of the molecule is COc1cccc2nc(C3CCCN3)nn12. The van der Waals surface area contributed by atoms with Crippen LogP contribution in [0.3, 0.4) is 0 Å². The minimum atomic E-state index is 0.296. The van der Waals surface area contributed by atoms with Gasteiger partial charge in [-0.1, -0.05) is 6.07 Å². The second-order valence-corrected chi connectivity index (χ2v) is 3.96. The van der Waals surface area contributed by atoms with Crippen LogP contribution in [0.5, 0.6) is 5.88 Å². The molecule has 1 aliphatic rings. The van der Waals surface area contributed by atoms with Crippen molar-refractivity contribution in [1.82, 2.24) is 19.9 Å². The van der Waals surface area contributed by atoms with Gasteiger partial charge in [-0.3, -0.25) is 0 Å². The monoisotopic (exact) mass is 218 g/mol. The fraction of sp³-hybridized carbons (Fsp3) is 0.455. The molecule has 84 valence electrons. The lowest BCUT2D eigenvalue weighted by Gasteiger charge is -2.03. The molecule has 0 spiro atoms. The van der Waals surface area contributed by atoms with Gasteiger partial charge >= 0.3 is 0 Å². The summed E-state index contributed by atoms with van der Waals surface area (Å²) in [6.07, 6.45) is 2.30. The van der Waals surface area contributed by atoms with E-state index in [2.05, 4.69) is 15.4 Å². The molecule has 0 amide bonds. The summed E-state index contributed by atoms with van der Waals surface area (Å²) < 4.78 is 6.99. The minimum absolute atomic E-state index is 0.296. The lowest BCUT2D eigenvalue weighted by Crippen LogP contribution is -2.14. The van der Waals surface area contributed by atoms with Gasteiger partial charge in [-0.05, 0) is 25.5 Å². The number of fused-ring (bicyclic) bond motifs is 1. The van der Waals surface area contributed by atoms with Gasteiger partial charge in [-0.15, -0.1) is 5.10 Å². The molecule has 1 unspecified atom stereocenters. The molecular formula is C11H14N4O. The lowest BCUT2D eigenvalue weighted by molar-refractivity contribution is 0.384. The molecule has 0 saturated carbocycles. The number of pyridine rings is 1. The topological polar surface area (TPSA) is 51.5 Å². The first-order valence-electron chi connectivity index (χ1n) is 5.51. The summed E-state index contributed by atoms with van der Waals surface area (Å²) in [6, 6.07) is 6.04. The fourth-order valence-corrected chi connectivity index (χ4v) is 2.10. The maximum absolute atomic E-state index is 5.24. The molecule has 3 rings (SSSR count). The molecular weight excluding hydrogens is 204 g/mol. The zero-order chi connectivity index (χ0) is 11.0. The third kappa shape index (κ3) is 1.44. The van der Waals surface area contributed by atoms with Crippen molar-refractivity contribution in [2.45, 2.75) is 18.9 Å². The molecule has 1 saturated heterocycles. The van der Waals surface area contributed by atoms with Gasteiger partial charge in [0.25, 0.3) is 0 Å². The highest BCUT2D eigenvalue weighted by molar-refractivity contribution is 5.41. The Morgan fingerprint density at radius 3 is 3.19 bits per heavy atom. The highest BCUT2D eigenvalue weighted by Crippen LogP contribution is 2.22.